The van der Waals surface area contributed by atoms with E-state index in [2.05, 4.69) is 10.3 Å². The van der Waals surface area contributed by atoms with Gasteiger partial charge in [0.2, 0.25) is 0 Å². The maximum absolute atomic E-state index is 13.0. The zero-order chi connectivity index (χ0) is 21.8. The Morgan fingerprint density at radius 2 is 1.81 bits per heavy atom. The monoisotopic (exact) mass is 431 g/mol. The highest BCUT2D eigenvalue weighted by Gasteiger charge is 2.11. The number of H-pyrrole nitrogens is 1. The molecule has 0 fully saturated rings. The van der Waals surface area contributed by atoms with Gasteiger partial charge in [-0.15, -0.1) is 0 Å². The number of benzene rings is 3. The van der Waals surface area contributed by atoms with Gasteiger partial charge in [-0.2, -0.15) is 0 Å². The fourth-order valence-electron chi connectivity index (χ4n) is 3.31. The SMILES string of the molecule is CCOc1ccc(NC(=O)c2ccc3c(=O)n(Cc4ccccc4)c(=S)[nH]c3c2)cc1. The maximum Gasteiger partial charge on any atom is 0.262 e. The molecule has 0 saturated heterocycles. The summed E-state index contributed by atoms with van der Waals surface area (Å²) in [6.45, 7) is 2.87. The summed E-state index contributed by atoms with van der Waals surface area (Å²) in [5.41, 5.74) is 2.39. The lowest BCUT2D eigenvalue weighted by Crippen LogP contribution is -2.23. The molecule has 0 saturated carbocycles. The van der Waals surface area contributed by atoms with Crippen LogP contribution in [0.15, 0.2) is 77.6 Å². The third-order valence-corrected chi connectivity index (χ3v) is 5.17. The molecule has 2 N–H and O–H groups in total. The van der Waals surface area contributed by atoms with E-state index in [0.717, 1.165) is 11.3 Å². The van der Waals surface area contributed by atoms with Gasteiger partial charge in [0.05, 0.1) is 24.1 Å². The van der Waals surface area contributed by atoms with E-state index < -0.39 is 0 Å². The Morgan fingerprint density at radius 3 is 2.52 bits per heavy atom. The fourth-order valence-corrected chi connectivity index (χ4v) is 3.57. The summed E-state index contributed by atoms with van der Waals surface area (Å²) in [7, 11) is 0. The number of carbonyl (C=O) groups excluding carboxylic acids is 1. The number of ether oxygens (including phenoxy) is 1. The molecule has 0 unspecified atom stereocenters. The Kier molecular flexibility index (Phi) is 5.95. The summed E-state index contributed by atoms with van der Waals surface area (Å²) >= 11 is 5.41. The standard InChI is InChI=1S/C24H21N3O3S/c1-2-30-19-11-9-18(10-12-19)25-22(28)17-8-13-20-21(14-17)26-24(31)27(23(20)29)15-16-6-4-3-5-7-16/h3-14H,2,15H2,1H3,(H,25,28)(H,26,31). The van der Waals surface area contributed by atoms with Gasteiger partial charge < -0.3 is 15.0 Å². The second kappa shape index (κ2) is 8.97. The lowest BCUT2D eigenvalue weighted by atomic mass is 10.1. The predicted octanol–water partition coefficient (Wildman–Crippen LogP) is 4.76. The number of anilines is 1. The van der Waals surface area contributed by atoms with Crippen LogP contribution in [0.3, 0.4) is 0 Å². The highest BCUT2D eigenvalue weighted by Crippen LogP contribution is 2.18. The fraction of sp³-hybridized carbons (Fsp3) is 0.125. The average molecular weight is 432 g/mol. The van der Waals surface area contributed by atoms with E-state index in [4.69, 9.17) is 17.0 Å². The number of amides is 1. The highest BCUT2D eigenvalue weighted by atomic mass is 32.1. The molecule has 0 aliphatic carbocycles. The first-order valence-corrected chi connectivity index (χ1v) is 10.3. The summed E-state index contributed by atoms with van der Waals surface area (Å²) in [6.07, 6.45) is 0. The van der Waals surface area contributed by atoms with Crippen molar-refractivity contribution in [1.82, 2.24) is 9.55 Å². The lowest BCUT2D eigenvalue weighted by Gasteiger charge is -2.10. The molecule has 0 aliphatic rings. The molecule has 1 amide bonds. The van der Waals surface area contributed by atoms with E-state index in [9.17, 15) is 9.59 Å². The zero-order valence-corrected chi connectivity index (χ0v) is 17.7. The molecule has 0 spiro atoms. The summed E-state index contributed by atoms with van der Waals surface area (Å²) in [5, 5.41) is 3.32. The van der Waals surface area contributed by atoms with Crippen molar-refractivity contribution in [2.24, 2.45) is 0 Å². The van der Waals surface area contributed by atoms with Crippen LogP contribution in [0.1, 0.15) is 22.8 Å². The molecule has 1 aromatic heterocycles. The van der Waals surface area contributed by atoms with Crippen molar-refractivity contribution >= 4 is 34.7 Å². The predicted molar refractivity (Wildman–Crippen MR) is 125 cm³/mol. The minimum atomic E-state index is -0.279. The van der Waals surface area contributed by atoms with E-state index in [1.807, 2.05) is 37.3 Å². The van der Waals surface area contributed by atoms with Crippen LogP contribution in [0, 0.1) is 4.77 Å². The Morgan fingerprint density at radius 1 is 1.06 bits per heavy atom. The second-order valence-corrected chi connectivity index (χ2v) is 7.37. The van der Waals surface area contributed by atoms with Gasteiger partial charge in [-0.1, -0.05) is 30.3 Å². The van der Waals surface area contributed by atoms with Crippen LogP contribution in [-0.4, -0.2) is 22.1 Å². The number of hydrogen-bond donors (Lipinski definition) is 2. The molecule has 4 aromatic rings. The van der Waals surface area contributed by atoms with E-state index in [0.29, 0.717) is 40.1 Å². The lowest BCUT2D eigenvalue weighted by molar-refractivity contribution is 0.102. The number of fused-ring (bicyclic) bond motifs is 1. The molecule has 1 heterocycles. The number of nitrogens with zero attached hydrogens (tertiary/aromatic N) is 1. The normalized spacial score (nSPS) is 10.7. The summed E-state index contributed by atoms with van der Waals surface area (Å²) in [4.78, 5) is 28.7. The van der Waals surface area contributed by atoms with Crippen molar-refractivity contribution in [3.8, 4) is 5.75 Å². The highest BCUT2D eigenvalue weighted by molar-refractivity contribution is 7.71. The van der Waals surface area contributed by atoms with Gasteiger partial charge in [-0.05, 0) is 67.2 Å². The van der Waals surface area contributed by atoms with E-state index >= 15 is 0 Å². The smallest absolute Gasteiger partial charge is 0.262 e. The first-order chi connectivity index (χ1) is 15.0. The molecule has 4 rings (SSSR count). The molecule has 7 heteroatoms. The topological polar surface area (TPSA) is 76.1 Å². The van der Waals surface area contributed by atoms with Gasteiger partial charge >= 0.3 is 0 Å². The molecular weight excluding hydrogens is 410 g/mol. The van der Waals surface area contributed by atoms with Crippen LogP contribution in [0.5, 0.6) is 5.75 Å². The quantitative estimate of drug-likeness (QED) is 0.432. The van der Waals surface area contributed by atoms with Crippen molar-refractivity contribution in [3.63, 3.8) is 0 Å². The van der Waals surface area contributed by atoms with Crippen LogP contribution in [0.25, 0.3) is 10.9 Å². The molecule has 156 valence electrons. The van der Waals surface area contributed by atoms with Crippen LogP contribution in [0.4, 0.5) is 5.69 Å². The van der Waals surface area contributed by atoms with Gasteiger partial charge in [0.25, 0.3) is 11.5 Å². The first kappa shape index (κ1) is 20.6. The van der Waals surface area contributed by atoms with Crippen LogP contribution in [-0.2, 0) is 6.54 Å². The molecule has 0 radical (unpaired) electrons. The Labute approximate surface area is 184 Å². The van der Waals surface area contributed by atoms with Gasteiger partial charge in [-0.25, -0.2) is 0 Å². The van der Waals surface area contributed by atoms with E-state index in [1.54, 1.807) is 42.5 Å². The minimum absolute atomic E-state index is 0.193. The maximum atomic E-state index is 13.0. The van der Waals surface area contributed by atoms with Crippen molar-refractivity contribution in [1.29, 1.82) is 0 Å². The number of hydrogen-bond acceptors (Lipinski definition) is 4. The minimum Gasteiger partial charge on any atom is -0.494 e. The number of aromatic nitrogens is 2. The van der Waals surface area contributed by atoms with Gasteiger partial charge in [0.1, 0.15) is 5.75 Å². The largest absolute Gasteiger partial charge is 0.494 e. The average Bonchev–Trinajstić information content (AvgIpc) is 2.78. The second-order valence-electron chi connectivity index (χ2n) is 6.98. The molecular formula is C24H21N3O3S. The van der Waals surface area contributed by atoms with Gasteiger partial charge in [0.15, 0.2) is 4.77 Å². The first-order valence-electron chi connectivity index (χ1n) is 9.90. The molecule has 31 heavy (non-hydrogen) atoms. The van der Waals surface area contributed by atoms with E-state index in [1.165, 1.54) is 4.57 Å². The van der Waals surface area contributed by atoms with Crippen molar-refractivity contribution in [2.45, 2.75) is 13.5 Å². The summed E-state index contributed by atoms with van der Waals surface area (Å²) in [5.74, 6) is 0.462. The number of nitrogens with one attached hydrogen (secondary N) is 2. The summed E-state index contributed by atoms with van der Waals surface area (Å²) < 4.78 is 7.24. The van der Waals surface area contributed by atoms with Crippen LogP contribution in [0.2, 0.25) is 0 Å². The molecule has 0 atom stereocenters. The number of aromatic amines is 1. The summed E-state index contributed by atoms with van der Waals surface area (Å²) in [6, 6.07) is 21.7. The van der Waals surface area contributed by atoms with E-state index in [-0.39, 0.29) is 11.5 Å². The van der Waals surface area contributed by atoms with Gasteiger partial charge in [0, 0.05) is 11.3 Å². The molecule has 6 nitrogen and oxygen atoms in total. The third-order valence-electron chi connectivity index (χ3n) is 4.85. The third kappa shape index (κ3) is 4.57. The van der Waals surface area contributed by atoms with Crippen molar-refractivity contribution in [2.75, 3.05) is 11.9 Å². The molecule has 3 aromatic carbocycles. The molecule has 0 bridgehead atoms. The van der Waals surface area contributed by atoms with Crippen molar-refractivity contribution in [3.05, 3.63) is 99.0 Å². The van der Waals surface area contributed by atoms with Crippen molar-refractivity contribution < 1.29 is 9.53 Å². The van der Waals surface area contributed by atoms with Crippen LogP contribution < -0.4 is 15.6 Å². The number of carbonyl (C=O) groups is 1. The van der Waals surface area contributed by atoms with Gasteiger partial charge in [-0.3, -0.25) is 14.2 Å². The Balaban J connectivity index is 1.60. The van der Waals surface area contributed by atoms with Crippen LogP contribution >= 0.6 is 12.2 Å². The Bertz CT molecular complexity index is 1340. The zero-order valence-electron chi connectivity index (χ0n) is 16.9. The Hall–Kier alpha value is -3.71. The molecule has 0 aliphatic heterocycles. The number of rotatable bonds is 6.